The Kier molecular flexibility index (Phi) is 5.92. The summed E-state index contributed by atoms with van der Waals surface area (Å²) in [5.41, 5.74) is 1.65. The van der Waals surface area contributed by atoms with E-state index in [0.29, 0.717) is 12.0 Å². The zero-order chi connectivity index (χ0) is 16.8. The number of rotatable bonds is 6. The number of aromatic nitrogens is 2. The predicted molar refractivity (Wildman–Crippen MR) is 88.6 cm³/mol. The number of benzene rings is 1. The van der Waals surface area contributed by atoms with E-state index < -0.39 is 12.0 Å². The normalized spacial score (nSPS) is 11.8. The van der Waals surface area contributed by atoms with Crippen LogP contribution in [0.1, 0.15) is 23.6 Å². The van der Waals surface area contributed by atoms with Crippen LogP contribution in [-0.4, -0.2) is 28.8 Å². The van der Waals surface area contributed by atoms with Crippen LogP contribution in [0.4, 0.5) is 0 Å². The van der Waals surface area contributed by atoms with Crippen LogP contribution in [0.15, 0.2) is 41.1 Å². The average Bonchev–Trinajstić information content (AvgIpc) is 2.96. The molecular formula is C16H18BrN3O3. The smallest absolute Gasteiger partial charge is 0.333 e. The number of esters is 1. The standard InChI is InChI=1S/C16H18BrN3O3/c1-20-10-11(9-18-20)3-8-14(21)19-15(16(22)23-2)12-4-6-13(17)7-5-12/h4-7,9-10,15H,3,8H2,1-2H3,(H,19,21). The highest BCUT2D eigenvalue weighted by Gasteiger charge is 2.23. The molecule has 0 aliphatic carbocycles. The topological polar surface area (TPSA) is 73.2 Å². The van der Waals surface area contributed by atoms with Crippen LogP contribution >= 0.6 is 15.9 Å². The van der Waals surface area contributed by atoms with E-state index in [4.69, 9.17) is 4.74 Å². The molecule has 1 N–H and O–H groups in total. The third-order valence-corrected chi connectivity index (χ3v) is 3.87. The maximum absolute atomic E-state index is 12.1. The van der Waals surface area contributed by atoms with Gasteiger partial charge in [0.15, 0.2) is 6.04 Å². The van der Waals surface area contributed by atoms with Gasteiger partial charge in [0.05, 0.1) is 13.3 Å². The minimum absolute atomic E-state index is 0.216. The summed E-state index contributed by atoms with van der Waals surface area (Å²) in [5.74, 6) is -0.714. The molecule has 0 spiro atoms. The molecule has 1 unspecified atom stereocenters. The number of halogens is 1. The van der Waals surface area contributed by atoms with E-state index in [9.17, 15) is 9.59 Å². The second-order valence-corrected chi connectivity index (χ2v) is 6.01. The van der Waals surface area contributed by atoms with E-state index in [2.05, 4.69) is 26.3 Å². The third kappa shape index (κ3) is 4.92. The molecule has 0 aliphatic heterocycles. The van der Waals surface area contributed by atoms with Gasteiger partial charge in [-0.05, 0) is 29.7 Å². The molecule has 1 aromatic heterocycles. The fourth-order valence-electron chi connectivity index (χ4n) is 2.14. The molecule has 122 valence electrons. The first-order valence-corrected chi connectivity index (χ1v) is 7.89. The van der Waals surface area contributed by atoms with E-state index >= 15 is 0 Å². The summed E-state index contributed by atoms with van der Waals surface area (Å²) in [4.78, 5) is 24.1. The van der Waals surface area contributed by atoms with Crippen LogP contribution in [0, 0.1) is 0 Å². The number of methoxy groups -OCH3 is 1. The maximum atomic E-state index is 12.1. The molecule has 1 aromatic carbocycles. The van der Waals surface area contributed by atoms with Gasteiger partial charge in [0.2, 0.25) is 5.91 Å². The van der Waals surface area contributed by atoms with Crippen LogP contribution in [0.5, 0.6) is 0 Å². The Balaban J connectivity index is 2.00. The zero-order valence-corrected chi connectivity index (χ0v) is 14.5. The molecule has 1 heterocycles. The van der Waals surface area contributed by atoms with Gasteiger partial charge in [0.25, 0.3) is 0 Å². The number of hydrogen-bond donors (Lipinski definition) is 1. The number of aryl methyl sites for hydroxylation is 2. The van der Waals surface area contributed by atoms with Crippen LogP contribution in [0.3, 0.4) is 0 Å². The summed E-state index contributed by atoms with van der Waals surface area (Å²) in [6.07, 6.45) is 4.42. The molecule has 2 aromatic rings. The molecule has 0 fully saturated rings. The number of amides is 1. The minimum atomic E-state index is -0.811. The fraction of sp³-hybridized carbons (Fsp3) is 0.312. The van der Waals surface area contributed by atoms with Crippen molar-refractivity contribution in [1.29, 1.82) is 0 Å². The van der Waals surface area contributed by atoms with Crippen molar-refractivity contribution in [3.05, 3.63) is 52.3 Å². The van der Waals surface area contributed by atoms with E-state index in [1.807, 2.05) is 25.4 Å². The van der Waals surface area contributed by atoms with Gasteiger partial charge in [-0.15, -0.1) is 0 Å². The Labute approximate surface area is 143 Å². The Morgan fingerprint density at radius 3 is 2.61 bits per heavy atom. The monoisotopic (exact) mass is 379 g/mol. The van der Waals surface area contributed by atoms with Crippen molar-refractivity contribution in [3.8, 4) is 0 Å². The second kappa shape index (κ2) is 7.92. The summed E-state index contributed by atoms with van der Waals surface area (Å²) >= 11 is 3.34. The third-order valence-electron chi connectivity index (χ3n) is 3.34. The van der Waals surface area contributed by atoms with Gasteiger partial charge in [0.1, 0.15) is 0 Å². The molecule has 23 heavy (non-hydrogen) atoms. The molecule has 1 amide bonds. The second-order valence-electron chi connectivity index (χ2n) is 5.10. The number of nitrogens with one attached hydrogen (secondary N) is 1. The zero-order valence-electron chi connectivity index (χ0n) is 13.0. The Hall–Kier alpha value is -2.15. The van der Waals surface area contributed by atoms with Gasteiger partial charge in [-0.25, -0.2) is 4.79 Å². The number of ether oxygens (including phenoxy) is 1. The summed E-state index contributed by atoms with van der Waals surface area (Å²) in [5, 5.41) is 6.78. The highest BCUT2D eigenvalue weighted by molar-refractivity contribution is 9.10. The van der Waals surface area contributed by atoms with E-state index in [0.717, 1.165) is 10.0 Å². The van der Waals surface area contributed by atoms with Crippen LogP contribution in [0.25, 0.3) is 0 Å². The van der Waals surface area contributed by atoms with Crippen LogP contribution < -0.4 is 5.32 Å². The Morgan fingerprint density at radius 1 is 1.35 bits per heavy atom. The SMILES string of the molecule is COC(=O)C(NC(=O)CCc1cnn(C)c1)c1ccc(Br)cc1. The van der Waals surface area contributed by atoms with Crippen molar-refractivity contribution in [3.63, 3.8) is 0 Å². The van der Waals surface area contributed by atoms with E-state index in [-0.39, 0.29) is 12.3 Å². The first-order chi connectivity index (χ1) is 11.0. The molecule has 0 saturated carbocycles. The first kappa shape index (κ1) is 17.2. The highest BCUT2D eigenvalue weighted by Crippen LogP contribution is 2.18. The van der Waals surface area contributed by atoms with E-state index in [1.165, 1.54) is 7.11 Å². The lowest BCUT2D eigenvalue weighted by Gasteiger charge is -2.17. The van der Waals surface area contributed by atoms with Gasteiger partial charge in [0, 0.05) is 24.1 Å². The molecule has 6 nitrogen and oxygen atoms in total. The van der Waals surface area contributed by atoms with Gasteiger partial charge in [-0.1, -0.05) is 28.1 Å². The van der Waals surface area contributed by atoms with Crippen molar-refractivity contribution in [1.82, 2.24) is 15.1 Å². The maximum Gasteiger partial charge on any atom is 0.333 e. The van der Waals surface area contributed by atoms with Gasteiger partial charge in [-0.3, -0.25) is 9.48 Å². The number of carbonyl (C=O) groups is 2. The highest BCUT2D eigenvalue weighted by atomic mass is 79.9. The van der Waals surface area contributed by atoms with Gasteiger partial charge >= 0.3 is 5.97 Å². The number of nitrogens with zero attached hydrogens (tertiary/aromatic N) is 2. The molecule has 0 radical (unpaired) electrons. The fourth-order valence-corrected chi connectivity index (χ4v) is 2.41. The lowest BCUT2D eigenvalue weighted by atomic mass is 10.1. The van der Waals surface area contributed by atoms with Gasteiger partial charge < -0.3 is 10.1 Å². The predicted octanol–water partition coefficient (Wildman–Crippen LogP) is 2.15. The molecule has 0 saturated heterocycles. The summed E-state index contributed by atoms with van der Waals surface area (Å²) < 4.78 is 7.37. The molecule has 7 heteroatoms. The number of hydrogen-bond acceptors (Lipinski definition) is 4. The van der Waals surface area contributed by atoms with Crippen molar-refractivity contribution in [2.75, 3.05) is 7.11 Å². The quantitative estimate of drug-likeness (QED) is 0.780. The average molecular weight is 380 g/mol. The van der Waals surface area contributed by atoms with Crippen molar-refractivity contribution in [2.45, 2.75) is 18.9 Å². The Bertz CT molecular complexity index is 682. The number of carbonyl (C=O) groups excluding carboxylic acids is 2. The Morgan fingerprint density at radius 2 is 2.04 bits per heavy atom. The van der Waals surface area contributed by atoms with Gasteiger partial charge in [-0.2, -0.15) is 5.10 Å². The lowest BCUT2D eigenvalue weighted by molar-refractivity contribution is -0.145. The van der Waals surface area contributed by atoms with Crippen molar-refractivity contribution in [2.24, 2.45) is 7.05 Å². The minimum Gasteiger partial charge on any atom is -0.467 e. The molecule has 0 bridgehead atoms. The summed E-state index contributed by atoms with van der Waals surface area (Å²) in [6, 6.07) is 6.36. The summed E-state index contributed by atoms with van der Waals surface area (Å²) in [6.45, 7) is 0. The molecule has 0 aliphatic rings. The van der Waals surface area contributed by atoms with Crippen LogP contribution in [-0.2, 0) is 27.8 Å². The largest absolute Gasteiger partial charge is 0.467 e. The molecular weight excluding hydrogens is 362 g/mol. The molecule has 2 rings (SSSR count). The lowest BCUT2D eigenvalue weighted by Crippen LogP contribution is -2.34. The summed E-state index contributed by atoms with van der Waals surface area (Å²) in [7, 11) is 3.13. The van der Waals surface area contributed by atoms with Crippen LogP contribution in [0.2, 0.25) is 0 Å². The first-order valence-electron chi connectivity index (χ1n) is 7.10. The molecule has 1 atom stereocenters. The van der Waals surface area contributed by atoms with Crippen molar-refractivity contribution >= 4 is 27.8 Å². The van der Waals surface area contributed by atoms with E-state index in [1.54, 1.807) is 23.0 Å². The van der Waals surface area contributed by atoms with Crippen molar-refractivity contribution < 1.29 is 14.3 Å².